The van der Waals surface area contributed by atoms with Gasteiger partial charge in [-0.2, -0.15) is 0 Å². The lowest BCUT2D eigenvalue weighted by Crippen LogP contribution is -2.48. The summed E-state index contributed by atoms with van der Waals surface area (Å²) in [5.41, 5.74) is 4.66. The number of anilines is 1. The van der Waals surface area contributed by atoms with Crippen LogP contribution in [0.2, 0.25) is 0 Å². The lowest BCUT2D eigenvalue weighted by atomic mass is 10.1. The van der Waals surface area contributed by atoms with Crippen LogP contribution in [0.3, 0.4) is 0 Å². The number of fused-ring (bicyclic) bond motifs is 1. The Hall–Kier alpha value is -2.82. The zero-order chi connectivity index (χ0) is 17.9. The summed E-state index contributed by atoms with van der Waals surface area (Å²) in [6, 6.07) is 16.5. The van der Waals surface area contributed by atoms with Gasteiger partial charge in [0.15, 0.2) is 0 Å². The Labute approximate surface area is 153 Å². The molecule has 5 heteroatoms. The molecular weight excluding hydrogens is 326 g/mol. The first kappa shape index (κ1) is 16.6. The topological polar surface area (TPSA) is 43.9 Å². The first-order chi connectivity index (χ1) is 12.7. The number of benzene rings is 2. The molecule has 0 atom stereocenters. The van der Waals surface area contributed by atoms with E-state index in [-0.39, 0.29) is 5.91 Å². The molecule has 0 aliphatic carbocycles. The van der Waals surface area contributed by atoms with Crippen LogP contribution in [0.5, 0.6) is 0 Å². The van der Waals surface area contributed by atoms with Crippen molar-refractivity contribution < 1.29 is 9.59 Å². The minimum Gasteiger partial charge on any atom is -0.367 e. The van der Waals surface area contributed by atoms with Gasteiger partial charge in [0.25, 0.3) is 5.91 Å². The lowest BCUT2D eigenvalue weighted by Gasteiger charge is -2.32. The Morgan fingerprint density at radius 1 is 0.923 bits per heavy atom. The van der Waals surface area contributed by atoms with Gasteiger partial charge in [-0.05, 0) is 35.7 Å². The molecule has 0 saturated carbocycles. The lowest BCUT2D eigenvalue weighted by molar-refractivity contribution is -0.119. The Morgan fingerprint density at radius 3 is 2.38 bits per heavy atom. The van der Waals surface area contributed by atoms with E-state index in [9.17, 15) is 9.59 Å². The molecule has 2 aliphatic heterocycles. The van der Waals surface area contributed by atoms with Crippen molar-refractivity contribution in [3.63, 3.8) is 0 Å². The molecule has 0 bridgehead atoms. The molecule has 0 N–H and O–H groups in total. The normalized spacial score (nSPS) is 16.5. The third-order valence-corrected chi connectivity index (χ3v) is 5.31. The van der Waals surface area contributed by atoms with Crippen molar-refractivity contribution in [3.8, 4) is 0 Å². The largest absolute Gasteiger partial charge is 0.367 e. The van der Waals surface area contributed by atoms with Crippen LogP contribution < -0.4 is 4.90 Å². The molecule has 2 aromatic rings. The molecule has 1 fully saturated rings. The quantitative estimate of drug-likeness (QED) is 0.795. The zero-order valence-electron chi connectivity index (χ0n) is 14.8. The first-order valence-corrected chi connectivity index (χ1v) is 9.15. The predicted octanol–water partition coefficient (Wildman–Crippen LogP) is 2.16. The van der Waals surface area contributed by atoms with E-state index in [1.54, 1.807) is 4.90 Å². The molecule has 0 spiro atoms. The van der Waals surface area contributed by atoms with Crippen LogP contribution in [0.1, 0.15) is 21.5 Å². The molecule has 26 heavy (non-hydrogen) atoms. The van der Waals surface area contributed by atoms with E-state index < -0.39 is 0 Å². The summed E-state index contributed by atoms with van der Waals surface area (Å²) in [4.78, 5) is 29.3. The minimum absolute atomic E-state index is 0.0496. The molecule has 2 heterocycles. The fourth-order valence-corrected chi connectivity index (χ4v) is 3.76. The number of hydrogen-bond donors (Lipinski definition) is 0. The number of nitrogens with zero attached hydrogens (tertiary/aromatic N) is 3. The summed E-state index contributed by atoms with van der Waals surface area (Å²) < 4.78 is 0. The second-order valence-electron chi connectivity index (χ2n) is 6.93. The van der Waals surface area contributed by atoms with Gasteiger partial charge in [-0.1, -0.05) is 30.3 Å². The van der Waals surface area contributed by atoms with Gasteiger partial charge in [-0.25, -0.2) is 0 Å². The molecule has 0 aromatic heterocycles. The molecule has 1 saturated heterocycles. The summed E-state index contributed by atoms with van der Waals surface area (Å²) in [6.07, 6.45) is 1.95. The molecule has 4 rings (SSSR count). The highest BCUT2D eigenvalue weighted by molar-refractivity contribution is 5.94. The highest BCUT2D eigenvalue weighted by Crippen LogP contribution is 2.28. The van der Waals surface area contributed by atoms with Crippen molar-refractivity contribution in [2.45, 2.75) is 13.0 Å². The molecular formula is C21H23N3O2. The highest BCUT2D eigenvalue weighted by Gasteiger charge is 2.22. The van der Waals surface area contributed by atoms with Gasteiger partial charge in [0.05, 0.1) is 0 Å². The van der Waals surface area contributed by atoms with Crippen LogP contribution in [0.25, 0.3) is 0 Å². The van der Waals surface area contributed by atoms with Gasteiger partial charge in [0.1, 0.15) is 0 Å². The maximum absolute atomic E-state index is 12.6. The van der Waals surface area contributed by atoms with Gasteiger partial charge in [-0.3, -0.25) is 9.59 Å². The molecule has 0 radical (unpaired) electrons. The van der Waals surface area contributed by atoms with Gasteiger partial charge >= 0.3 is 0 Å². The van der Waals surface area contributed by atoms with Crippen LogP contribution in [-0.2, 0) is 17.8 Å². The van der Waals surface area contributed by atoms with Crippen molar-refractivity contribution in [2.24, 2.45) is 0 Å². The van der Waals surface area contributed by atoms with Crippen LogP contribution in [-0.4, -0.2) is 54.8 Å². The SMILES string of the molecule is O=CN1CCN(C(=O)c2ccc(CN3CCc4ccccc43)cc2)CC1. The number of para-hydroxylation sites is 1. The maximum Gasteiger partial charge on any atom is 0.253 e. The minimum atomic E-state index is 0.0496. The molecule has 2 aromatic carbocycles. The van der Waals surface area contributed by atoms with Crippen LogP contribution in [0.15, 0.2) is 48.5 Å². The van der Waals surface area contributed by atoms with Gasteiger partial charge in [0, 0.05) is 50.5 Å². The summed E-state index contributed by atoms with van der Waals surface area (Å²) in [7, 11) is 0. The van der Waals surface area contributed by atoms with Crippen LogP contribution in [0, 0.1) is 0 Å². The monoisotopic (exact) mass is 349 g/mol. The van der Waals surface area contributed by atoms with Gasteiger partial charge in [-0.15, -0.1) is 0 Å². The van der Waals surface area contributed by atoms with E-state index in [0.717, 1.165) is 31.5 Å². The number of carbonyl (C=O) groups excluding carboxylic acids is 2. The van der Waals surface area contributed by atoms with Crippen molar-refractivity contribution in [3.05, 3.63) is 65.2 Å². The van der Waals surface area contributed by atoms with E-state index in [2.05, 4.69) is 41.3 Å². The van der Waals surface area contributed by atoms with Crippen molar-refractivity contribution in [2.75, 3.05) is 37.6 Å². The smallest absolute Gasteiger partial charge is 0.253 e. The van der Waals surface area contributed by atoms with Crippen molar-refractivity contribution in [1.29, 1.82) is 0 Å². The summed E-state index contributed by atoms with van der Waals surface area (Å²) >= 11 is 0. The van der Waals surface area contributed by atoms with Gasteiger partial charge in [0.2, 0.25) is 6.41 Å². The summed E-state index contributed by atoms with van der Waals surface area (Å²) in [5.74, 6) is 0.0496. The highest BCUT2D eigenvalue weighted by atomic mass is 16.2. The second-order valence-corrected chi connectivity index (χ2v) is 6.93. The molecule has 0 unspecified atom stereocenters. The maximum atomic E-state index is 12.6. The van der Waals surface area contributed by atoms with Crippen LogP contribution in [0.4, 0.5) is 5.69 Å². The number of amides is 2. The second kappa shape index (κ2) is 7.20. The fraction of sp³-hybridized carbons (Fsp3) is 0.333. The summed E-state index contributed by atoms with van der Waals surface area (Å²) in [6.45, 7) is 4.34. The number of carbonyl (C=O) groups is 2. The standard InChI is InChI=1S/C21H23N3O2/c25-16-22-11-13-23(14-12-22)21(26)19-7-5-17(6-8-19)15-24-10-9-18-3-1-2-4-20(18)24/h1-8,16H,9-15H2. The van der Waals surface area contributed by atoms with E-state index >= 15 is 0 Å². The van der Waals surface area contributed by atoms with E-state index in [4.69, 9.17) is 0 Å². The van der Waals surface area contributed by atoms with Gasteiger partial charge < -0.3 is 14.7 Å². The third-order valence-electron chi connectivity index (χ3n) is 5.31. The Kier molecular flexibility index (Phi) is 4.61. The van der Waals surface area contributed by atoms with Crippen molar-refractivity contribution >= 4 is 18.0 Å². The third kappa shape index (κ3) is 3.29. The molecule has 2 amide bonds. The van der Waals surface area contributed by atoms with E-state index in [1.165, 1.54) is 16.8 Å². The number of hydrogen-bond acceptors (Lipinski definition) is 3. The number of rotatable bonds is 4. The predicted molar refractivity (Wildman–Crippen MR) is 101 cm³/mol. The number of piperazine rings is 1. The van der Waals surface area contributed by atoms with Crippen LogP contribution >= 0.6 is 0 Å². The molecule has 5 nitrogen and oxygen atoms in total. The Bertz CT molecular complexity index is 795. The van der Waals surface area contributed by atoms with E-state index in [0.29, 0.717) is 26.2 Å². The first-order valence-electron chi connectivity index (χ1n) is 9.15. The molecule has 2 aliphatic rings. The van der Waals surface area contributed by atoms with E-state index in [1.807, 2.05) is 17.0 Å². The average molecular weight is 349 g/mol. The Morgan fingerprint density at radius 2 is 1.65 bits per heavy atom. The zero-order valence-corrected chi connectivity index (χ0v) is 14.8. The molecule has 134 valence electrons. The van der Waals surface area contributed by atoms with Crippen molar-refractivity contribution in [1.82, 2.24) is 9.80 Å². The Balaban J connectivity index is 1.40. The average Bonchev–Trinajstić information content (AvgIpc) is 3.11. The fourth-order valence-electron chi connectivity index (χ4n) is 3.76. The summed E-state index contributed by atoms with van der Waals surface area (Å²) in [5, 5.41) is 0.